The lowest BCUT2D eigenvalue weighted by molar-refractivity contribution is -0.386. The van der Waals surface area contributed by atoms with E-state index in [1.165, 1.54) is 18.2 Å². The molecular formula is C44H31N3O11S. The van der Waals surface area contributed by atoms with Crippen LogP contribution in [-0.2, 0) is 34.1 Å². The Morgan fingerprint density at radius 2 is 1.22 bits per heavy atom. The van der Waals surface area contributed by atoms with E-state index >= 15 is 0 Å². The molecule has 15 heteroatoms. The number of hydrogen-bond donors (Lipinski definition) is 1. The van der Waals surface area contributed by atoms with Gasteiger partial charge in [-0.15, -0.1) is 0 Å². The van der Waals surface area contributed by atoms with Crippen LogP contribution < -0.4 is 19.5 Å². The SMILES string of the molecule is O=C(CNC(=O)c1ccc2c(c1)C(=O)OC21c2ccc(OCc3ccccc3[N+](=O)[O-])cc2Oc2cc(OCc3ccccc3[N+](=O)[O-])ccc21)SCc1ccccc1. The molecule has 0 bridgehead atoms. The molecule has 294 valence electrons. The molecule has 14 nitrogen and oxygen atoms in total. The summed E-state index contributed by atoms with van der Waals surface area (Å²) in [6, 6.07) is 36.3. The first-order valence-electron chi connectivity index (χ1n) is 18.1. The van der Waals surface area contributed by atoms with Crippen LogP contribution in [0.15, 0.2) is 133 Å². The van der Waals surface area contributed by atoms with Crippen LogP contribution in [0.1, 0.15) is 54.1 Å². The van der Waals surface area contributed by atoms with E-state index in [1.807, 2.05) is 30.3 Å². The van der Waals surface area contributed by atoms with Gasteiger partial charge in [0.2, 0.25) is 5.12 Å². The maximum Gasteiger partial charge on any atom is 0.340 e. The number of carbonyl (C=O) groups is 3. The molecule has 2 aliphatic heterocycles. The van der Waals surface area contributed by atoms with Gasteiger partial charge in [-0.05, 0) is 54.1 Å². The number of amides is 1. The van der Waals surface area contributed by atoms with Crippen molar-refractivity contribution in [3.05, 3.63) is 198 Å². The molecule has 1 amide bonds. The second-order valence-electron chi connectivity index (χ2n) is 13.4. The maximum atomic E-state index is 13.8. The predicted molar refractivity (Wildman–Crippen MR) is 215 cm³/mol. The van der Waals surface area contributed by atoms with Gasteiger partial charge in [0.1, 0.15) is 36.2 Å². The summed E-state index contributed by atoms with van der Waals surface area (Å²) in [7, 11) is 0. The highest BCUT2D eigenvalue weighted by atomic mass is 32.2. The number of benzene rings is 6. The van der Waals surface area contributed by atoms with E-state index in [9.17, 15) is 34.6 Å². The molecule has 0 atom stereocenters. The van der Waals surface area contributed by atoms with Gasteiger partial charge in [0.25, 0.3) is 17.3 Å². The number of ether oxygens (including phenoxy) is 4. The van der Waals surface area contributed by atoms with E-state index < -0.39 is 27.3 Å². The second kappa shape index (κ2) is 16.1. The summed E-state index contributed by atoms with van der Waals surface area (Å²) in [6.45, 7) is -0.466. The van der Waals surface area contributed by atoms with Crippen LogP contribution in [-0.4, -0.2) is 33.4 Å². The van der Waals surface area contributed by atoms with Gasteiger partial charge >= 0.3 is 5.97 Å². The highest BCUT2D eigenvalue weighted by molar-refractivity contribution is 8.13. The molecule has 1 N–H and O–H groups in total. The fourth-order valence-electron chi connectivity index (χ4n) is 7.00. The summed E-state index contributed by atoms with van der Waals surface area (Å²) in [5.41, 5.74) is 1.46. The molecule has 0 saturated carbocycles. The van der Waals surface area contributed by atoms with Gasteiger partial charge < -0.3 is 24.3 Å². The number of nitrogens with zero attached hydrogens (tertiary/aromatic N) is 2. The topological polar surface area (TPSA) is 186 Å². The Hall–Kier alpha value is -7.52. The van der Waals surface area contributed by atoms with Gasteiger partial charge in [0.05, 0.1) is 33.1 Å². The lowest BCUT2D eigenvalue weighted by Crippen LogP contribution is -2.33. The average molecular weight is 810 g/mol. The molecule has 0 saturated heterocycles. The van der Waals surface area contributed by atoms with Crippen molar-refractivity contribution >= 4 is 40.1 Å². The molecule has 6 aromatic rings. The summed E-state index contributed by atoms with van der Waals surface area (Å²) in [6.07, 6.45) is 0. The van der Waals surface area contributed by atoms with Crippen molar-refractivity contribution in [1.29, 1.82) is 0 Å². The fourth-order valence-corrected chi connectivity index (χ4v) is 7.69. The largest absolute Gasteiger partial charge is 0.489 e. The number of hydrogen-bond acceptors (Lipinski definition) is 12. The number of esters is 1. The van der Waals surface area contributed by atoms with Crippen LogP contribution >= 0.6 is 11.8 Å². The number of rotatable bonds is 13. The molecule has 0 aliphatic carbocycles. The van der Waals surface area contributed by atoms with E-state index in [0.29, 0.717) is 45.1 Å². The zero-order valence-electron chi connectivity index (χ0n) is 30.8. The van der Waals surface area contributed by atoms with E-state index in [1.54, 1.807) is 84.9 Å². The first kappa shape index (κ1) is 38.4. The van der Waals surface area contributed by atoms with Gasteiger partial charge in [0.15, 0.2) is 5.60 Å². The zero-order chi connectivity index (χ0) is 41.1. The monoisotopic (exact) mass is 809 g/mol. The quantitative estimate of drug-likeness (QED) is 0.0668. The van der Waals surface area contributed by atoms with Gasteiger partial charge in [0, 0.05) is 52.3 Å². The third kappa shape index (κ3) is 7.66. The van der Waals surface area contributed by atoms with Crippen LogP contribution in [0, 0.1) is 20.2 Å². The summed E-state index contributed by atoms with van der Waals surface area (Å²) in [4.78, 5) is 61.9. The minimum atomic E-state index is -1.57. The highest BCUT2D eigenvalue weighted by Crippen LogP contribution is 2.57. The smallest absolute Gasteiger partial charge is 0.340 e. The molecule has 0 aromatic heterocycles. The van der Waals surface area contributed by atoms with Gasteiger partial charge in [-0.2, -0.15) is 0 Å². The van der Waals surface area contributed by atoms with E-state index in [0.717, 1.165) is 17.3 Å². The predicted octanol–water partition coefficient (Wildman–Crippen LogP) is 8.42. The molecule has 8 rings (SSSR count). The fraction of sp³-hybridized carbons (Fsp3) is 0.114. The number of fused-ring (bicyclic) bond motifs is 6. The average Bonchev–Trinajstić information content (AvgIpc) is 3.54. The van der Waals surface area contributed by atoms with E-state index in [2.05, 4.69) is 5.32 Å². The van der Waals surface area contributed by atoms with Crippen molar-refractivity contribution in [3.8, 4) is 23.0 Å². The van der Waals surface area contributed by atoms with Crippen molar-refractivity contribution in [3.63, 3.8) is 0 Å². The lowest BCUT2D eigenvalue weighted by atomic mass is 9.77. The highest BCUT2D eigenvalue weighted by Gasteiger charge is 2.54. The van der Waals surface area contributed by atoms with Crippen molar-refractivity contribution in [2.75, 3.05) is 6.54 Å². The Kier molecular flexibility index (Phi) is 10.5. The Bertz CT molecular complexity index is 2560. The minimum Gasteiger partial charge on any atom is -0.489 e. The number of carbonyl (C=O) groups excluding carboxylic acids is 3. The molecule has 0 radical (unpaired) electrons. The second-order valence-corrected chi connectivity index (χ2v) is 14.5. The Balaban J connectivity index is 1.10. The van der Waals surface area contributed by atoms with Crippen molar-refractivity contribution < 1.29 is 43.2 Å². The molecule has 1 spiro atoms. The molecule has 0 fully saturated rings. The molecule has 59 heavy (non-hydrogen) atoms. The summed E-state index contributed by atoms with van der Waals surface area (Å²) < 4.78 is 24.7. The first-order chi connectivity index (χ1) is 28.6. The molecular weight excluding hydrogens is 779 g/mol. The van der Waals surface area contributed by atoms with Crippen LogP contribution in [0.4, 0.5) is 11.4 Å². The third-order valence-electron chi connectivity index (χ3n) is 9.81. The van der Waals surface area contributed by atoms with Crippen molar-refractivity contribution in [1.82, 2.24) is 5.32 Å². The number of nitrogens with one attached hydrogen (secondary N) is 1. The van der Waals surface area contributed by atoms with Crippen molar-refractivity contribution in [2.24, 2.45) is 0 Å². The summed E-state index contributed by atoms with van der Waals surface area (Å²) >= 11 is 1.09. The number of nitro groups is 2. The van der Waals surface area contributed by atoms with Crippen LogP contribution in [0.5, 0.6) is 23.0 Å². The molecule has 2 heterocycles. The number of nitro benzene ring substituents is 2. The zero-order valence-corrected chi connectivity index (χ0v) is 31.6. The third-order valence-corrected chi connectivity index (χ3v) is 10.8. The van der Waals surface area contributed by atoms with Crippen LogP contribution in [0.2, 0.25) is 0 Å². The Morgan fingerprint density at radius 3 is 1.80 bits per heavy atom. The van der Waals surface area contributed by atoms with Gasteiger partial charge in [-0.25, -0.2) is 4.79 Å². The maximum absolute atomic E-state index is 13.8. The van der Waals surface area contributed by atoms with Gasteiger partial charge in [-0.3, -0.25) is 29.8 Å². The van der Waals surface area contributed by atoms with Gasteiger partial charge in [-0.1, -0.05) is 72.4 Å². The molecule has 0 unspecified atom stereocenters. The minimum absolute atomic E-state index is 0.0981. The summed E-state index contributed by atoms with van der Waals surface area (Å²) in [5.74, 6) is 0.279. The molecule has 2 aliphatic rings. The normalized spacial score (nSPS) is 12.9. The van der Waals surface area contributed by atoms with Crippen LogP contribution in [0.25, 0.3) is 0 Å². The standard InChI is InChI=1S/C44H31N3O11S/c48-41(59-26-27-8-2-1-3-9-27)23-45-42(49)28-14-17-34-33(20-28)43(50)58-44(34)35-18-15-31(55-24-29-10-4-6-12-37(29)46(51)52)21-39(35)57-40-22-32(16-19-36(40)44)56-25-30-11-5-7-13-38(30)47(53)54/h1-22H,23-26H2,(H,45,49). The van der Waals surface area contributed by atoms with E-state index in [4.69, 9.17) is 18.9 Å². The lowest BCUT2D eigenvalue weighted by Gasteiger charge is -2.36. The Morgan fingerprint density at radius 1 is 0.678 bits per heavy atom. The summed E-state index contributed by atoms with van der Waals surface area (Å²) in [5, 5.41) is 25.6. The molecule has 6 aromatic carbocycles. The first-order valence-corrected chi connectivity index (χ1v) is 19.1. The Labute approximate surface area is 340 Å². The van der Waals surface area contributed by atoms with Crippen LogP contribution in [0.3, 0.4) is 0 Å². The number of para-hydroxylation sites is 2. The number of thioether (sulfide) groups is 1. The van der Waals surface area contributed by atoms with Crippen molar-refractivity contribution in [2.45, 2.75) is 24.6 Å². The van der Waals surface area contributed by atoms with E-state index in [-0.39, 0.29) is 58.9 Å².